The Morgan fingerprint density at radius 3 is 2.46 bits per heavy atom. The Bertz CT molecular complexity index is 862. The van der Waals surface area contributed by atoms with Gasteiger partial charge in [0.15, 0.2) is 0 Å². The van der Waals surface area contributed by atoms with Gasteiger partial charge in [-0.2, -0.15) is 0 Å². The van der Waals surface area contributed by atoms with Crippen molar-refractivity contribution in [2.24, 2.45) is 0 Å². The molecule has 0 bridgehead atoms. The van der Waals surface area contributed by atoms with Gasteiger partial charge in [0.25, 0.3) is 0 Å². The van der Waals surface area contributed by atoms with Crippen LogP contribution in [-0.4, -0.2) is 39.1 Å². The predicted octanol–water partition coefficient (Wildman–Crippen LogP) is 1.52. The number of aromatic nitrogens is 4. The lowest BCUT2D eigenvalue weighted by Gasteiger charge is -2.17. The number of benzene rings is 2. The molecule has 1 aromatic heterocycles. The van der Waals surface area contributed by atoms with Crippen LogP contribution in [0.5, 0.6) is 0 Å². The number of nitrogens with one attached hydrogen (secondary N) is 1. The molecule has 0 spiro atoms. The number of carbonyl (C=O) groups is 2. The first-order valence-electron chi connectivity index (χ1n) is 8.03. The Labute approximate surface area is 150 Å². The number of carbonyl (C=O) groups excluding carboxylic acids is 2. The van der Waals surface area contributed by atoms with Crippen LogP contribution < -0.4 is 10.2 Å². The van der Waals surface area contributed by atoms with Crippen LogP contribution in [0.3, 0.4) is 0 Å². The number of amides is 2. The summed E-state index contributed by atoms with van der Waals surface area (Å²) in [5.41, 5.74) is 2.37. The van der Waals surface area contributed by atoms with Gasteiger partial charge in [-0.3, -0.25) is 9.59 Å². The summed E-state index contributed by atoms with van der Waals surface area (Å²) in [6.45, 7) is 0.0368. The molecule has 0 radical (unpaired) electrons. The number of hydrogen-bond acceptors (Lipinski definition) is 5. The second-order valence-electron chi connectivity index (χ2n) is 5.72. The zero-order valence-electron chi connectivity index (χ0n) is 14.2. The van der Waals surface area contributed by atoms with Crippen LogP contribution in [0.1, 0.15) is 5.56 Å². The number of hydrogen-bond donors (Lipinski definition) is 1. The first-order valence-corrected chi connectivity index (χ1v) is 8.03. The number of rotatable bonds is 6. The number of anilines is 2. The fraction of sp³-hybridized carbons (Fsp3) is 0.167. The zero-order valence-corrected chi connectivity index (χ0v) is 14.2. The summed E-state index contributed by atoms with van der Waals surface area (Å²) in [5.74, 6) is -0.239. The minimum Gasteiger partial charge on any atom is -0.324 e. The van der Waals surface area contributed by atoms with Gasteiger partial charge in [0.1, 0.15) is 12.9 Å². The molecule has 0 atom stereocenters. The van der Waals surface area contributed by atoms with Crippen molar-refractivity contribution in [3.63, 3.8) is 0 Å². The molecular formula is C18H18N6O2. The van der Waals surface area contributed by atoms with Crippen LogP contribution in [0, 0.1) is 0 Å². The summed E-state index contributed by atoms with van der Waals surface area (Å²) in [7, 11) is 1.76. The average Bonchev–Trinajstić information content (AvgIpc) is 3.16. The highest BCUT2D eigenvalue weighted by Gasteiger charge is 2.11. The molecule has 26 heavy (non-hydrogen) atoms. The maximum absolute atomic E-state index is 12.4. The normalized spacial score (nSPS) is 10.3. The largest absolute Gasteiger partial charge is 0.324 e. The van der Waals surface area contributed by atoms with E-state index in [1.165, 1.54) is 11.0 Å². The maximum atomic E-state index is 12.4. The van der Waals surface area contributed by atoms with E-state index in [9.17, 15) is 9.59 Å². The van der Waals surface area contributed by atoms with E-state index in [0.717, 1.165) is 11.3 Å². The highest BCUT2D eigenvalue weighted by atomic mass is 16.2. The Kier molecular flexibility index (Phi) is 5.33. The van der Waals surface area contributed by atoms with Crippen LogP contribution in [0.15, 0.2) is 60.9 Å². The summed E-state index contributed by atoms with van der Waals surface area (Å²) in [5, 5.41) is 13.3. The van der Waals surface area contributed by atoms with Crippen molar-refractivity contribution in [2.45, 2.75) is 13.0 Å². The number of likely N-dealkylation sites (N-methyl/N-ethyl adjacent to an activating group) is 1. The van der Waals surface area contributed by atoms with Crippen LogP contribution in [0.4, 0.5) is 11.4 Å². The lowest BCUT2D eigenvalue weighted by molar-refractivity contribution is -0.118. The standard InChI is InChI=1S/C18H18N6O2/c1-23(16-5-3-2-4-6-16)18(26)11-14-7-9-15(10-8-14)20-17(25)12-24-13-19-21-22-24/h2-10,13H,11-12H2,1H3,(H,20,25). The highest BCUT2D eigenvalue weighted by molar-refractivity contribution is 5.94. The molecule has 8 nitrogen and oxygen atoms in total. The van der Waals surface area contributed by atoms with Crippen molar-refractivity contribution in [3.05, 3.63) is 66.5 Å². The van der Waals surface area contributed by atoms with E-state index in [2.05, 4.69) is 20.8 Å². The zero-order chi connectivity index (χ0) is 18.4. The highest BCUT2D eigenvalue weighted by Crippen LogP contribution is 2.15. The molecule has 2 aromatic carbocycles. The van der Waals surface area contributed by atoms with E-state index >= 15 is 0 Å². The van der Waals surface area contributed by atoms with Gasteiger partial charge >= 0.3 is 0 Å². The molecule has 0 fully saturated rings. The second-order valence-corrected chi connectivity index (χ2v) is 5.72. The molecular weight excluding hydrogens is 332 g/mol. The lowest BCUT2D eigenvalue weighted by atomic mass is 10.1. The molecule has 0 aliphatic heterocycles. The lowest BCUT2D eigenvalue weighted by Crippen LogP contribution is -2.27. The van der Waals surface area contributed by atoms with Crippen LogP contribution >= 0.6 is 0 Å². The summed E-state index contributed by atoms with van der Waals surface area (Å²) in [6, 6.07) is 16.7. The van der Waals surface area contributed by atoms with Gasteiger partial charge in [0.05, 0.1) is 6.42 Å². The smallest absolute Gasteiger partial charge is 0.246 e. The predicted molar refractivity (Wildman–Crippen MR) is 96.4 cm³/mol. The molecule has 0 saturated heterocycles. The van der Waals surface area contributed by atoms with E-state index in [1.54, 1.807) is 24.1 Å². The first-order chi connectivity index (χ1) is 12.6. The van der Waals surface area contributed by atoms with Crippen LogP contribution in [-0.2, 0) is 22.6 Å². The molecule has 3 rings (SSSR count). The molecule has 0 aliphatic rings. The van der Waals surface area contributed by atoms with Gasteiger partial charge < -0.3 is 10.2 Å². The Hall–Kier alpha value is -3.55. The molecule has 2 amide bonds. The van der Waals surface area contributed by atoms with Crippen molar-refractivity contribution < 1.29 is 9.59 Å². The van der Waals surface area contributed by atoms with E-state index in [0.29, 0.717) is 5.69 Å². The summed E-state index contributed by atoms with van der Waals surface area (Å²) in [4.78, 5) is 25.9. The third-order valence-electron chi connectivity index (χ3n) is 3.81. The fourth-order valence-corrected chi connectivity index (χ4v) is 2.40. The molecule has 0 unspecified atom stereocenters. The first kappa shape index (κ1) is 17.3. The fourth-order valence-electron chi connectivity index (χ4n) is 2.40. The summed E-state index contributed by atoms with van der Waals surface area (Å²) in [6.07, 6.45) is 1.65. The third-order valence-corrected chi connectivity index (χ3v) is 3.81. The van der Waals surface area contributed by atoms with E-state index < -0.39 is 0 Å². The van der Waals surface area contributed by atoms with Gasteiger partial charge in [0, 0.05) is 18.4 Å². The van der Waals surface area contributed by atoms with E-state index in [-0.39, 0.29) is 24.8 Å². The SMILES string of the molecule is CN(C(=O)Cc1ccc(NC(=O)Cn2cnnn2)cc1)c1ccccc1. The average molecular weight is 350 g/mol. The summed E-state index contributed by atoms with van der Waals surface area (Å²) < 4.78 is 1.34. The van der Waals surface area contributed by atoms with E-state index in [1.807, 2.05) is 42.5 Å². The minimum absolute atomic E-state index is 0.00772. The third kappa shape index (κ3) is 4.50. The van der Waals surface area contributed by atoms with Gasteiger partial charge in [0.2, 0.25) is 11.8 Å². The van der Waals surface area contributed by atoms with Gasteiger partial charge in [-0.15, -0.1) is 5.10 Å². The Morgan fingerprint density at radius 2 is 1.81 bits per heavy atom. The number of nitrogens with zero attached hydrogens (tertiary/aromatic N) is 5. The number of para-hydroxylation sites is 1. The minimum atomic E-state index is -0.232. The van der Waals surface area contributed by atoms with Crippen LogP contribution in [0.25, 0.3) is 0 Å². The molecule has 132 valence electrons. The molecule has 0 aliphatic carbocycles. The van der Waals surface area contributed by atoms with Gasteiger partial charge in [-0.05, 0) is 40.3 Å². The summed E-state index contributed by atoms with van der Waals surface area (Å²) >= 11 is 0. The van der Waals surface area contributed by atoms with Crippen LogP contribution in [0.2, 0.25) is 0 Å². The molecule has 0 saturated carbocycles. The second kappa shape index (κ2) is 8.02. The van der Waals surface area contributed by atoms with E-state index in [4.69, 9.17) is 0 Å². The van der Waals surface area contributed by atoms with Crippen molar-refractivity contribution in [1.29, 1.82) is 0 Å². The topological polar surface area (TPSA) is 93.0 Å². The maximum Gasteiger partial charge on any atom is 0.246 e. The monoisotopic (exact) mass is 350 g/mol. The Morgan fingerprint density at radius 1 is 1.08 bits per heavy atom. The number of tetrazole rings is 1. The van der Waals surface area contributed by atoms with Gasteiger partial charge in [-0.1, -0.05) is 30.3 Å². The molecule has 8 heteroatoms. The van der Waals surface area contributed by atoms with Crippen molar-refractivity contribution in [3.8, 4) is 0 Å². The quantitative estimate of drug-likeness (QED) is 0.727. The Balaban J connectivity index is 1.55. The van der Waals surface area contributed by atoms with Crippen molar-refractivity contribution in [2.75, 3.05) is 17.3 Å². The van der Waals surface area contributed by atoms with Crippen molar-refractivity contribution in [1.82, 2.24) is 20.2 Å². The van der Waals surface area contributed by atoms with Gasteiger partial charge in [-0.25, -0.2) is 4.68 Å². The van der Waals surface area contributed by atoms with Crippen molar-refractivity contribution >= 4 is 23.2 Å². The molecule has 3 aromatic rings. The molecule has 1 N–H and O–H groups in total. The molecule has 1 heterocycles.